The molecule has 5 aliphatic rings. The summed E-state index contributed by atoms with van der Waals surface area (Å²) in [6, 6.07) is 9.43. The number of allylic oxidation sites excluding steroid dienone is 5. The van der Waals surface area contributed by atoms with E-state index in [1.165, 1.54) is 4.57 Å². The van der Waals surface area contributed by atoms with Crippen molar-refractivity contribution in [1.82, 2.24) is 9.13 Å². The molecule has 1 aromatic carbocycles. The second-order valence-corrected chi connectivity index (χ2v) is 22.9. The number of ketones is 1. The number of nitrogens with zero attached hydrogens (tertiary/aromatic N) is 2. The molecule has 0 saturated carbocycles. The van der Waals surface area contributed by atoms with E-state index in [0.29, 0.717) is 35.1 Å². The van der Waals surface area contributed by atoms with E-state index < -0.39 is 37.4 Å². The van der Waals surface area contributed by atoms with Crippen LogP contribution in [0, 0.1) is 23.2 Å². The van der Waals surface area contributed by atoms with Gasteiger partial charge in [-0.05, 0) is 81.4 Å². The van der Waals surface area contributed by atoms with Gasteiger partial charge in [-0.3, -0.25) is 28.5 Å². The largest absolute Gasteiger partial charge is 0.427 e. The Morgan fingerprint density at radius 1 is 0.964 bits per heavy atom. The number of carbonyl (C=O) groups excluding carboxylic acids is 5. The fraction of sp³-hybridized carbons (Fsp3) is 0.533. The summed E-state index contributed by atoms with van der Waals surface area (Å²) >= 11 is 0. The number of fused-ring (bicyclic) bond motifs is 1. The van der Waals surface area contributed by atoms with Crippen LogP contribution in [0.15, 0.2) is 83.6 Å². The lowest BCUT2D eigenvalue weighted by Crippen LogP contribution is -2.61. The third kappa shape index (κ3) is 6.18. The summed E-state index contributed by atoms with van der Waals surface area (Å²) in [6.07, 6.45) is 16.5. The second-order valence-electron chi connectivity index (χ2n) is 17.8. The van der Waals surface area contributed by atoms with Gasteiger partial charge in [0.25, 0.3) is 0 Å². The van der Waals surface area contributed by atoms with E-state index in [9.17, 15) is 19.2 Å². The van der Waals surface area contributed by atoms with Gasteiger partial charge in [-0.2, -0.15) is 0 Å². The molecule has 1 aromatic heterocycles. The molecule has 1 spiro atoms. The number of ether oxygens (including phenoxy) is 2. The van der Waals surface area contributed by atoms with E-state index in [2.05, 4.69) is 39.0 Å². The Hall–Kier alpha value is -4.15. The summed E-state index contributed by atoms with van der Waals surface area (Å²) in [5.74, 6) is -4.74. The molecule has 5 bridgehead atoms. The SMILES string of the molecule is C/C=C/CCCCC[C@@H]1C=C2[C@]3(CC(=O)n4ccc5ccccc54)CC4=C(C(=O)N([Si](C)(C)C(C)(C)C)C4=O)[C@H]4[C@H]1C[C@H](C(=O)CC/C=C/C)O[C@@]24OC3=O. The smallest absolute Gasteiger partial charge is 0.320 e. The number of imide groups is 1. The van der Waals surface area contributed by atoms with Crippen molar-refractivity contribution < 1.29 is 33.4 Å². The van der Waals surface area contributed by atoms with Gasteiger partial charge in [0.05, 0.1) is 11.4 Å². The summed E-state index contributed by atoms with van der Waals surface area (Å²) in [7, 11) is -2.78. The number of benzene rings is 1. The average Bonchev–Trinajstić information content (AvgIpc) is 3.71. The maximum absolute atomic E-state index is 15.1. The normalized spacial score (nSPS) is 29.0. The summed E-state index contributed by atoms with van der Waals surface area (Å²) < 4.78 is 16.5. The summed E-state index contributed by atoms with van der Waals surface area (Å²) in [4.78, 5) is 73.5. The first kappa shape index (κ1) is 39.1. The highest BCUT2D eigenvalue weighted by atomic mass is 28.3. The van der Waals surface area contributed by atoms with E-state index in [-0.39, 0.29) is 59.6 Å². The van der Waals surface area contributed by atoms with E-state index in [0.717, 1.165) is 37.5 Å². The molecule has 0 radical (unpaired) electrons. The predicted molar refractivity (Wildman–Crippen MR) is 214 cm³/mol. The van der Waals surface area contributed by atoms with Crippen LogP contribution in [-0.2, 0) is 28.7 Å². The van der Waals surface area contributed by atoms with Crippen LogP contribution in [0.25, 0.3) is 10.9 Å². The number of aromatic nitrogens is 1. The van der Waals surface area contributed by atoms with Gasteiger partial charge in [-0.15, -0.1) is 0 Å². The highest BCUT2D eigenvalue weighted by molar-refractivity contribution is 6.82. The number of unbranched alkanes of at least 4 members (excludes halogenated alkanes) is 3. The van der Waals surface area contributed by atoms with Gasteiger partial charge in [0.15, 0.2) is 14.0 Å². The predicted octanol–water partition coefficient (Wildman–Crippen LogP) is 9.01. The van der Waals surface area contributed by atoms with Crippen LogP contribution in [0.3, 0.4) is 0 Å². The molecule has 0 N–H and O–H groups in total. The van der Waals surface area contributed by atoms with Crippen molar-refractivity contribution in [3.05, 3.63) is 83.6 Å². The molecule has 2 fully saturated rings. The van der Waals surface area contributed by atoms with Crippen molar-refractivity contribution in [2.45, 2.75) is 129 Å². The first-order valence-electron chi connectivity index (χ1n) is 20.2. The summed E-state index contributed by atoms with van der Waals surface area (Å²) in [5, 5.41) is 0.537. The molecule has 7 rings (SSSR count). The zero-order valence-corrected chi connectivity index (χ0v) is 34.5. The van der Waals surface area contributed by atoms with E-state index in [1.807, 2.05) is 69.4 Å². The Kier molecular flexibility index (Phi) is 10.2. The Bertz CT molecular complexity index is 2060. The zero-order valence-electron chi connectivity index (χ0n) is 33.5. The molecule has 10 heteroatoms. The summed E-state index contributed by atoms with van der Waals surface area (Å²) in [6.45, 7) is 14.2. The molecule has 2 saturated heterocycles. The molecule has 292 valence electrons. The number of rotatable bonds is 13. The number of esters is 1. The Morgan fingerprint density at radius 3 is 2.42 bits per heavy atom. The fourth-order valence-electron chi connectivity index (χ4n) is 9.79. The second kappa shape index (κ2) is 14.4. The number of hydrogen-bond donors (Lipinski definition) is 0. The molecule has 2 amide bonds. The van der Waals surface area contributed by atoms with Crippen LogP contribution < -0.4 is 0 Å². The van der Waals surface area contributed by atoms with E-state index in [1.54, 1.807) is 10.8 Å². The lowest BCUT2D eigenvalue weighted by atomic mass is 9.59. The number of para-hydroxylation sites is 1. The maximum Gasteiger partial charge on any atom is 0.320 e. The molecule has 4 heterocycles. The third-order valence-corrected chi connectivity index (χ3v) is 18.8. The first-order valence-corrected chi connectivity index (χ1v) is 23.2. The van der Waals surface area contributed by atoms with Gasteiger partial charge in [-0.1, -0.05) is 95.3 Å². The van der Waals surface area contributed by atoms with Crippen LogP contribution in [0.5, 0.6) is 0 Å². The highest BCUT2D eigenvalue weighted by Crippen LogP contribution is 2.68. The van der Waals surface area contributed by atoms with E-state index >= 15 is 4.79 Å². The topological polar surface area (TPSA) is 112 Å². The van der Waals surface area contributed by atoms with Crippen molar-refractivity contribution >= 4 is 48.6 Å². The molecule has 3 aliphatic heterocycles. The molecule has 0 unspecified atom stereocenters. The van der Waals surface area contributed by atoms with Crippen molar-refractivity contribution in [3.63, 3.8) is 0 Å². The third-order valence-electron chi connectivity index (χ3n) is 13.6. The standard InChI is InChI=1S/C45H56N2O7Si/c1-8-10-12-13-14-16-20-30-25-36-44(28-37(49)46-24-23-29-19-17-18-21-33(29)46)27-32-38(41(51)47(40(32)50)55(6,7)43(3,4)5)39-31(30)26-35(34(48)22-15-11-9-2)53-45(36,39)54-42(44)52/h8-11,17-19,21,23-25,30-31,35,39H,12-16,20,22,26-28H2,1-7H3/b10-8+,11-9+/t30-,31+,35-,39-,44-,45-/m1/s1. The molecule has 2 aliphatic carbocycles. The number of hydrogen-bond acceptors (Lipinski definition) is 7. The van der Waals surface area contributed by atoms with Gasteiger partial charge in [0, 0.05) is 41.1 Å². The zero-order chi connectivity index (χ0) is 39.5. The lowest BCUT2D eigenvalue weighted by Gasteiger charge is -2.53. The van der Waals surface area contributed by atoms with Crippen LogP contribution >= 0.6 is 0 Å². The Labute approximate surface area is 326 Å². The van der Waals surface area contributed by atoms with Gasteiger partial charge < -0.3 is 14.0 Å². The molecule has 55 heavy (non-hydrogen) atoms. The van der Waals surface area contributed by atoms with Crippen molar-refractivity contribution in [2.24, 2.45) is 23.2 Å². The first-order chi connectivity index (χ1) is 26.1. The lowest BCUT2D eigenvalue weighted by molar-refractivity contribution is -0.268. The van der Waals surface area contributed by atoms with Crippen molar-refractivity contribution in [3.8, 4) is 0 Å². The van der Waals surface area contributed by atoms with Crippen LogP contribution in [0.2, 0.25) is 18.1 Å². The fourth-order valence-corrected chi connectivity index (χ4v) is 11.7. The van der Waals surface area contributed by atoms with Crippen LogP contribution in [0.4, 0.5) is 0 Å². The Balaban J connectivity index is 1.40. The number of amides is 2. The maximum atomic E-state index is 15.1. The summed E-state index contributed by atoms with van der Waals surface area (Å²) in [5.41, 5.74) is 0.267. The van der Waals surface area contributed by atoms with Gasteiger partial charge in [-0.25, -0.2) is 0 Å². The van der Waals surface area contributed by atoms with Crippen molar-refractivity contribution in [1.29, 1.82) is 0 Å². The van der Waals surface area contributed by atoms with Crippen LogP contribution in [0.1, 0.15) is 104 Å². The minimum absolute atomic E-state index is 0.0825. The molecular weight excluding hydrogens is 709 g/mol. The van der Waals surface area contributed by atoms with Gasteiger partial charge >= 0.3 is 5.97 Å². The minimum atomic E-state index is -2.78. The Morgan fingerprint density at radius 2 is 1.69 bits per heavy atom. The van der Waals surface area contributed by atoms with E-state index in [4.69, 9.17) is 9.47 Å². The van der Waals surface area contributed by atoms with Crippen molar-refractivity contribution in [2.75, 3.05) is 0 Å². The quantitative estimate of drug-likeness (QED) is 0.0658. The molecule has 6 atom stereocenters. The average molecular weight is 765 g/mol. The van der Waals surface area contributed by atoms with Gasteiger partial charge in [0.2, 0.25) is 23.5 Å². The molecule has 9 nitrogen and oxygen atoms in total. The molecular formula is C45H56N2O7Si. The van der Waals surface area contributed by atoms with Gasteiger partial charge in [0.1, 0.15) is 11.5 Å². The number of carbonyl (C=O) groups is 5. The monoisotopic (exact) mass is 764 g/mol. The minimum Gasteiger partial charge on any atom is -0.427 e. The van der Waals surface area contributed by atoms with Crippen LogP contribution in [-0.4, -0.2) is 58.7 Å². The highest BCUT2D eigenvalue weighted by Gasteiger charge is 2.75. The number of Topliss-reactive ketones (excluding diaryl/α,β-unsaturated/α-hetero) is 1. The molecule has 2 aromatic rings.